The average molecular weight is 371 g/mol. The van der Waals surface area contributed by atoms with E-state index in [1.165, 1.54) is 6.07 Å². The summed E-state index contributed by atoms with van der Waals surface area (Å²) in [5, 5.41) is 12.0. The van der Waals surface area contributed by atoms with Crippen LogP contribution >= 0.6 is 0 Å². The predicted octanol–water partition coefficient (Wildman–Crippen LogP) is 2.95. The lowest BCUT2D eigenvalue weighted by molar-refractivity contribution is -0.141. The van der Waals surface area contributed by atoms with Crippen LogP contribution in [-0.4, -0.2) is 35.7 Å². The Balaban J connectivity index is 1.68. The number of halogens is 3. The maximum Gasteiger partial charge on any atom is 0.416 e. The van der Waals surface area contributed by atoms with Gasteiger partial charge in [0.05, 0.1) is 17.5 Å². The molecule has 0 spiro atoms. The number of alkyl halides is 3. The number of hydrogen-bond donors (Lipinski definition) is 2. The Kier molecular flexibility index (Phi) is 4.96. The van der Waals surface area contributed by atoms with Crippen LogP contribution in [0.4, 0.5) is 13.2 Å². The maximum absolute atomic E-state index is 12.8. The minimum Gasteiger partial charge on any atom is -0.481 e. The minimum atomic E-state index is -4.42. The number of aliphatic carboxylic acids is 1. The van der Waals surface area contributed by atoms with E-state index in [4.69, 9.17) is 9.84 Å². The van der Waals surface area contributed by atoms with Gasteiger partial charge in [0.15, 0.2) is 0 Å². The molecule has 1 aliphatic heterocycles. The fourth-order valence-electron chi connectivity index (χ4n) is 3.55. The van der Waals surface area contributed by atoms with Crippen molar-refractivity contribution in [2.75, 3.05) is 13.2 Å². The maximum atomic E-state index is 12.8. The van der Waals surface area contributed by atoms with E-state index in [2.05, 4.69) is 5.32 Å². The van der Waals surface area contributed by atoms with E-state index in [9.17, 15) is 22.8 Å². The molecule has 1 heterocycles. The second-order valence-corrected chi connectivity index (χ2v) is 7.02. The number of carboxylic acids is 1. The lowest BCUT2D eigenvalue weighted by atomic mass is 9.86. The van der Waals surface area contributed by atoms with Crippen LogP contribution in [-0.2, 0) is 20.5 Å². The van der Waals surface area contributed by atoms with Crippen LogP contribution in [0.3, 0.4) is 0 Å². The predicted molar refractivity (Wildman–Crippen MR) is 85.5 cm³/mol. The van der Waals surface area contributed by atoms with Crippen LogP contribution in [0, 0.1) is 5.92 Å². The molecule has 26 heavy (non-hydrogen) atoms. The first kappa shape index (κ1) is 18.7. The Morgan fingerprint density at radius 1 is 1.27 bits per heavy atom. The normalized spacial score (nSPS) is 24.7. The van der Waals surface area contributed by atoms with E-state index in [1.807, 2.05) is 0 Å². The number of rotatable bonds is 5. The van der Waals surface area contributed by atoms with Crippen molar-refractivity contribution in [2.45, 2.75) is 43.3 Å². The molecule has 1 saturated heterocycles. The first-order chi connectivity index (χ1) is 12.2. The molecule has 8 heteroatoms. The van der Waals surface area contributed by atoms with E-state index < -0.39 is 29.2 Å². The summed E-state index contributed by atoms with van der Waals surface area (Å²) in [6.45, 7) is 0.741. The van der Waals surface area contributed by atoms with Gasteiger partial charge in [-0.3, -0.25) is 9.59 Å². The molecular formula is C18H20F3NO4. The van der Waals surface area contributed by atoms with Crippen molar-refractivity contribution in [3.63, 3.8) is 0 Å². The second-order valence-electron chi connectivity index (χ2n) is 7.02. The summed E-state index contributed by atoms with van der Waals surface area (Å²) in [5.74, 6) is -1.99. The van der Waals surface area contributed by atoms with E-state index in [0.717, 1.165) is 12.1 Å². The third-order valence-corrected chi connectivity index (χ3v) is 5.10. The van der Waals surface area contributed by atoms with Crippen molar-refractivity contribution in [3.05, 3.63) is 35.4 Å². The van der Waals surface area contributed by atoms with Crippen molar-refractivity contribution < 1.29 is 32.6 Å². The summed E-state index contributed by atoms with van der Waals surface area (Å²) in [4.78, 5) is 23.7. The molecule has 3 rings (SSSR count). The third kappa shape index (κ3) is 4.17. The summed E-state index contributed by atoms with van der Waals surface area (Å²) < 4.78 is 43.8. The molecule has 1 saturated carbocycles. The molecule has 0 bridgehead atoms. The number of carbonyl (C=O) groups is 2. The quantitative estimate of drug-likeness (QED) is 0.835. The van der Waals surface area contributed by atoms with E-state index >= 15 is 0 Å². The summed E-state index contributed by atoms with van der Waals surface area (Å²) >= 11 is 0. The first-order valence-corrected chi connectivity index (χ1v) is 8.49. The van der Waals surface area contributed by atoms with Crippen molar-refractivity contribution in [1.82, 2.24) is 5.32 Å². The molecule has 2 aliphatic rings. The molecule has 1 amide bonds. The van der Waals surface area contributed by atoms with Crippen molar-refractivity contribution in [1.29, 1.82) is 0 Å². The Morgan fingerprint density at radius 3 is 2.58 bits per heavy atom. The first-order valence-electron chi connectivity index (χ1n) is 8.49. The Bertz CT molecular complexity index is 698. The zero-order chi connectivity index (χ0) is 18.9. The molecule has 5 nitrogen and oxygen atoms in total. The zero-order valence-corrected chi connectivity index (χ0v) is 14.0. The van der Waals surface area contributed by atoms with Gasteiger partial charge in [-0.25, -0.2) is 0 Å². The standard InChI is InChI=1S/C18H20F3NO4/c19-18(20,21)12-3-1-2-11(8-12)13-9-14(13)16(25)22-17(10-15(23)24)4-6-26-7-5-17/h1-3,8,13-14H,4-7,9-10H2,(H,22,25)(H,23,24). The minimum absolute atomic E-state index is 0.191. The summed E-state index contributed by atoms with van der Waals surface area (Å²) in [6, 6.07) is 5.02. The van der Waals surface area contributed by atoms with E-state index in [1.54, 1.807) is 6.07 Å². The fraction of sp³-hybridized carbons (Fsp3) is 0.556. The summed E-state index contributed by atoms with van der Waals surface area (Å²) in [6.07, 6.45) is -3.33. The molecule has 2 N–H and O–H groups in total. The molecule has 0 aromatic heterocycles. The van der Waals surface area contributed by atoms with Crippen LogP contribution < -0.4 is 5.32 Å². The smallest absolute Gasteiger partial charge is 0.416 e. The topological polar surface area (TPSA) is 75.6 Å². The van der Waals surface area contributed by atoms with Crippen molar-refractivity contribution in [3.8, 4) is 0 Å². The van der Waals surface area contributed by atoms with Gasteiger partial charge in [0.2, 0.25) is 5.91 Å². The van der Waals surface area contributed by atoms with Crippen LogP contribution in [0.5, 0.6) is 0 Å². The molecule has 1 aromatic rings. The van der Waals surface area contributed by atoms with Gasteiger partial charge in [-0.1, -0.05) is 18.2 Å². The fourth-order valence-corrected chi connectivity index (χ4v) is 3.55. The third-order valence-electron chi connectivity index (χ3n) is 5.10. The largest absolute Gasteiger partial charge is 0.481 e. The van der Waals surface area contributed by atoms with Gasteiger partial charge < -0.3 is 15.2 Å². The summed E-state index contributed by atoms with van der Waals surface area (Å²) in [7, 11) is 0. The number of nitrogens with one attached hydrogen (secondary N) is 1. The van der Waals surface area contributed by atoms with Crippen LogP contribution in [0.15, 0.2) is 24.3 Å². The van der Waals surface area contributed by atoms with Gasteiger partial charge in [0.25, 0.3) is 0 Å². The number of ether oxygens (including phenoxy) is 1. The highest BCUT2D eigenvalue weighted by Crippen LogP contribution is 2.49. The number of benzene rings is 1. The lowest BCUT2D eigenvalue weighted by Crippen LogP contribution is -2.53. The number of hydrogen-bond acceptors (Lipinski definition) is 3. The monoisotopic (exact) mass is 371 g/mol. The van der Waals surface area contributed by atoms with Crippen LogP contribution in [0.1, 0.15) is 42.7 Å². The molecule has 2 fully saturated rings. The van der Waals surface area contributed by atoms with Gasteiger partial charge in [0.1, 0.15) is 0 Å². The average Bonchev–Trinajstić information content (AvgIpc) is 3.35. The zero-order valence-electron chi connectivity index (χ0n) is 14.0. The highest BCUT2D eigenvalue weighted by atomic mass is 19.4. The number of amides is 1. The van der Waals surface area contributed by atoms with Gasteiger partial charge in [-0.15, -0.1) is 0 Å². The summed E-state index contributed by atoms with van der Waals surface area (Å²) in [5.41, 5.74) is -1.09. The Hall–Kier alpha value is -2.09. The van der Waals surface area contributed by atoms with Gasteiger partial charge >= 0.3 is 12.1 Å². The molecular weight excluding hydrogens is 351 g/mol. The van der Waals surface area contributed by atoms with E-state index in [-0.39, 0.29) is 18.2 Å². The second kappa shape index (κ2) is 6.90. The van der Waals surface area contributed by atoms with E-state index in [0.29, 0.717) is 38.0 Å². The SMILES string of the molecule is O=C(O)CC1(NC(=O)C2CC2c2cccc(C(F)(F)F)c2)CCOCC1. The molecule has 1 aliphatic carbocycles. The lowest BCUT2D eigenvalue weighted by Gasteiger charge is -2.37. The van der Waals surface area contributed by atoms with Crippen molar-refractivity contribution >= 4 is 11.9 Å². The Morgan fingerprint density at radius 2 is 1.96 bits per heavy atom. The van der Waals surface area contributed by atoms with Gasteiger partial charge in [-0.2, -0.15) is 13.2 Å². The number of carbonyl (C=O) groups excluding carboxylic acids is 1. The molecule has 0 radical (unpaired) electrons. The van der Waals surface area contributed by atoms with Crippen LogP contribution in [0.25, 0.3) is 0 Å². The molecule has 1 aromatic carbocycles. The van der Waals surface area contributed by atoms with Crippen molar-refractivity contribution in [2.24, 2.45) is 5.92 Å². The highest BCUT2D eigenvalue weighted by molar-refractivity contribution is 5.84. The molecule has 2 atom stereocenters. The Labute approximate surface area is 148 Å². The van der Waals surface area contributed by atoms with Gasteiger partial charge in [-0.05, 0) is 36.8 Å². The number of carboxylic acid groups (broad SMARTS) is 1. The molecule has 2 unspecified atom stereocenters. The van der Waals surface area contributed by atoms with Crippen LogP contribution in [0.2, 0.25) is 0 Å². The van der Waals surface area contributed by atoms with Gasteiger partial charge in [0, 0.05) is 19.1 Å². The molecule has 142 valence electrons. The highest BCUT2D eigenvalue weighted by Gasteiger charge is 2.47.